The number of rotatable bonds is 3. The van der Waals surface area contributed by atoms with Crippen LogP contribution in [0.15, 0.2) is 0 Å². The molecule has 0 aliphatic rings. The Labute approximate surface area is 76.4 Å². The maximum atomic E-state index is 10.1. The van der Waals surface area contributed by atoms with Crippen molar-refractivity contribution in [2.75, 3.05) is 0 Å². The van der Waals surface area contributed by atoms with Gasteiger partial charge in [-0.05, 0) is 6.92 Å². The van der Waals surface area contributed by atoms with Crippen LogP contribution >= 0.6 is 0 Å². The first-order chi connectivity index (χ1) is 4.04. The number of carbonyl (C=O) groups is 3. The van der Waals surface area contributed by atoms with E-state index >= 15 is 0 Å². The van der Waals surface area contributed by atoms with Crippen LogP contribution in [0.5, 0.6) is 0 Å². The predicted octanol–water partition coefficient (Wildman–Crippen LogP) is -0.383. The Morgan fingerprint density at radius 3 is 1.80 bits per heavy atom. The van der Waals surface area contributed by atoms with Crippen LogP contribution in [0.4, 0.5) is 0 Å². The SMILES string of the molecule is CC(=O)CC(=O)C(=O)O.[Hf]. The van der Waals surface area contributed by atoms with E-state index in [0.29, 0.717) is 0 Å². The smallest absolute Gasteiger partial charge is 0.372 e. The summed E-state index contributed by atoms with van der Waals surface area (Å²) in [7, 11) is 0. The fraction of sp³-hybridized carbons (Fsp3) is 0.400. The molecule has 0 aromatic heterocycles. The van der Waals surface area contributed by atoms with E-state index < -0.39 is 24.0 Å². The van der Waals surface area contributed by atoms with E-state index in [1.54, 1.807) is 0 Å². The Hall–Kier alpha value is -0.320. The summed E-state index contributed by atoms with van der Waals surface area (Å²) in [6, 6.07) is 0. The van der Waals surface area contributed by atoms with Crippen LogP contribution in [0.25, 0.3) is 0 Å². The van der Waals surface area contributed by atoms with Gasteiger partial charge in [0.25, 0.3) is 0 Å². The summed E-state index contributed by atoms with van der Waals surface area (Å²) >= 11 is 0. The second-order valence-corrected chi connectivity index (χ2v) is 1.61. The molecule has 54 valence electrons. The first-order valence-electron chi connectivity index (χ1n) is 2.29. The minimum absolute atomic E-state index is 0. The molecular formula is C5H6HfO4. The molecule has 0 bridgehead atoms. The topological polar surface area (TPSA) is 71.4 Å². The molecule has 0 heterocycles. The molecular weight excluding hydrogens is 303 g/mol. The number of carboxylic acid groups (broad SMARTS) is 1. The fourth-order valence-electron chi connectivity index (χ4n) is 0.302. The summed E-state index contributed by atoms with van der Waals surface area (Å²) in [5.41, 5.74) is 0. The van der Waals surface area contributed by atoms with E-state index in [1.807, 2.05) is 0 Å². The molecule has 0 unspecified atom stereocenters. The van der Waals surface area contributed by atoms with Crippen molar-refractivity contribution in [1.82, 2.24) is 0 Å². The number of carboxylic acids is 1. The normalized spacial score (nSPS) is 7.70. The predicted molar refractivity (Wildman–Crippen MR) is 27.9 cm³/mol. The Balaban J connectivity index is 0. The van der Waals surface area contributed by atoms with Crippen molar-refractivity contribution in [3.05, 3.63) is 0 Å². The zero-order valence-electron chi connectivity index (χ0n) is 5.38. The van der Waals surface area contributed by atoms with Gasteiger partial charge in [0.2, 0.25) is 5.78 Å². The molecule has 4 nitrogen and oxygen atoms in total. The molecule has 0 aromatic rings. The third-order valence-corrected chi connectivity index (χ3v) is 0.648. The minimum Gasteiger partial charge on any atom is -0.475 e. The first kappa shape index (κ1) is 12.4. The summed E-state index contributed by atoms with van der Waals surface area (Å²) in [4.78, 5) is 29.9. The van der Waals surface area contributed by atoms with Crippen LogP contribution in [-0.4, -0.2) is 22.6 Å². The van der Waals surface area contributed by atoms with E-state index in [0.717, 1.165) is 0 Å². The molecule has 0 radical (unpaired) electrons. The van der Waals surface area contributed by atoms with Crippen LogP contribution in [0.2, 0.25) is 0 Å². The fourth-order valence-corrected chi connectivity index (χ4v) is 0.302. The molecule has 0 saturated heterocycles. The molecule has 0 fully saturated rings. The molecule has 0 saturated carbocycles. The monoisotopic (exact) mass is 310 g/mol. The third kappa shape index (κ3) is 5.81. The van der Waals surface area contributed by atoms with Crippen molar-refractivity contribution in [3.63, 3.8) is 0 Å². The Morgan fingerprint density at radius 1 is 1.30 bits per heavy atom. The van der Waals surface area contributed by atoms with Crippen LogP contribution in [0, 0.1) is 0 Å². The Bertz CT molecular complexity index is 163. The number of aliphatic carboxylic acids is 1. The minimum atomic E-state index is -1.55. The van der Waals surface area contributed by atoms with E-state index in [2.05, 4.69) is 0 Å². The van der Waals surface area contributed by atoms with Gasteiger partial charge in [0, 0.05) is 25.8 Å². The quantitative estimate of drug-likeness (QED) is 0.438. The largest absolute Gasteiger partial charge is 0.475 e. The van der Waals surface area contributed by atoms with E-state index in [-0.39, 0.29) is 25.8 Å². The molecule has 10 heavy (non-hydrogen) atoms. The van der Waals surface area contributed by atoms with Crippen LogP contribution in [0.1, 0.15) is 13.3 Å². The molecule has 0 amide bonds. The Morgan fingerprint density at radius 2 is 1.70 bits per heavy atom. The van der Waals surface area contributed by atoms with Gasteiger partial charge < -0.3 is 5.11 Å². The van der Waals surface area contributed by atoms with Gasteiger partial charge in [-0.1, -0.05) is 0 Å². The average Bonchev–Trinajstić information content (AvgIpc) is 1.63. The summed E-state index contributed by atoms with van der Waals surface area (Å²) < 4.78 is 0. The molecule has 1 N–H and O–H groups in total. The van der Waals surface area contributed by atoms with Crippen molar-refractivity contribution in [3.8, 4) is 0 Å². The summed E-state index contributed by atoms with van der Waals surface area (Å²) in [6.07, 6.45) is -0.505. The van der Waals surface area contributed by atoms with Crippen molar-refractivity contribution in [2.45, 2.75) is 13.3 Å². The molecule has 0 aromatic carbocycles. The van der Waals surface area contributed by atoms with Crippen molar-refractivity contribution in [1.29, 1.82) is 0 Å². The summed E-state index contributed by atoms with van der Waals surface area (Å²) in [6.45, 7) is 1.17. The van der Waals surface area contributed by atoms with Crippen LogP contribution in [-0.2, 0) is 40.2 Å². The van der Waals surface area contributed by atoms with E-state index in [4.69, 9.17) is 5.11 Å². The van der Waals surface area contributed by atoms with Gasteiger partial charge in [0.05, 0.1) is 6.42 Å². The van der Waals surface area contributed by atoms with Gasteiger partial charge in [-0.15, -0.1) is 0 Å². The van der Waals surface area contributed by atoms with Crippen LogP contribution < -0.4 is 0 Å². The molecule has 5 heteroatoms. The molecule has 0 aliphatic carbocycles. The summed E-state index contributed by atoms with van der Waals surface area (Å²) in [5, 5.41) is 7.93. The zero-order valence-corrected chi connectivity index (χ0v) is 8.97. The van der Waals surface area contributed by atoms with Gasteiger partial charge in [-0.25, -0.2) is 4.79 Å². The zero-order chi connectivity index (χ0) is 7.44. The van der Waals surface area contributed by atoms with Crippen molar-refractivity contribution >= 4 is 17.5 Å². The molecule has 0 aliphatic heterocycles. The van der Waals surface area contributed by atoms with Gasteiger partial charge in [0.15, 0.2) is 0 Å². The van der Waals surface area contributed by atoms with Crippen molar-refractivity contribution < 1.29 is 45.3 Å². The third-order valence-electron chi connectivity index (χ3n) is 0.648. The van der Waals surface area contributed by atoms with Crippen molar-refractivity contribution in [2.24, 2.45) is 0 Å². The first-order valence-corrected chi connectivity index (χ1v) is 2.29. The van der Waals surface area contributed by atoms with Gasteiger partial charge in [-0.2, -0.15) is 0 Å². The number of ketones is 2. The van der Waals surface area contributed by atoms with Gasteiger partial charge >= 0.3 is 5.97 Å². The second-order valence-electron chi connectivity index (χ2n) is 1.61. The average molecular weight is 309 g/mol. The Kier molecular flexibility index (Phi) is 6.76. The number of hydrogen-bond donors (Lipinski definition) is 1. The van der Waals surface area contributed by atoms with Gasteiger partial charge in [0.1, 0.15) is 5.78 Å². The van der Waals surface area contributed by atoms with Gasteiger partial charge in [-0.3, -0.25) is 9.59 Å². The number of carbonyl (C=O) groups excluding carboxylic acids is 2. The molecule has 0 rings (SSSR count). The maximum absolute atomic E-state index is 10.1. The maximum Gasteiger partial charge on any atom is 0.372 e. The molecule has 0 spiro atoms. The second kappa shape index (κ2) is 5.46. The number of hydrogen-bond acceptors (Lipinski definition) is 3. The van der Waals surface area contributed by atoms with E-state index in [1.165, 1.54) is 6.92 Å². The van der Waals surface area contributed by atoms with E-state index in [9.17, 15) is 14.4 Å². The standard InChI is InChI=1S/C5H6O4.Hf/c1-3(6)2-4(7)5(8)9;/h2H2,1H3,(H,8,9);. The molecule has 0 atom stereocenters. The number of Topliss-reactive ketones (excluding diaryl/α,β-unsaturated/α-hetero) is 2. The van der Waals surface area contributed by atoms with Crippen LogP contribution in [0.3, 0.4) is 0 Å². The summed E-state index contributed by atoms with van der Waals surface area (Å²) in [5.74, 6) is -3.03.